The number of hydrogen-bond acceptors (Lipinski definition) is 4. The Labute approximate surface area is 162 Å². The van der Waals surface area contributed by atoms with Gasteiger partial charge in [0.15, 0.2) is 5.82 Å². The molecule has 1 amide bonds. The maximum absolute atomic E-state index is 12.3. The Kier molecular flexibility index (Phi) is 5.24. The van der Waals surface area contributed by atoms with Gasteiger partial charge in [-0.3, -0.25) is 9.59 Å². The molecule has 26 heavy (non-hydrogen) atoms. The summed E-state index contributed by atoms with van der Waals surface area (Å²) in [6.07, 6.45) is 0. The van der Waals surface area contributed by atoms with Crippen LogP contribution in [0.4, 0.5) is 5.69 Å². The Balaban J connectivity index is 1.83. The van der Waals surface area contributed by atoms with Crippen molar-refractivity contribution >= 4 is 39.1 Å². The maximum Gasteiger partial charge on any atom is 0.267 e. The Bertz CT molecular complexity index is 1040. The molecule has 9 heteroatoms. The summed E-state index contributed by atoms with van der Waals surface area (Å²) in [5.74, 6) is 0.0546. The van der Waals surface area contributed by atoms with E-state index in [1.807, 2.05) is 19.9 Å². The Morgan fingerprint density at radius 3 is 2.62 bits per heavy atom. The maximum atomic E-state index is 12.3. The molecule has 0 aliphatic carbocycles. The van der Waals surface area contributed by atoms with Crippen LogP contribution in [0.15, 0.2) is 45.7 Å². The number of amides is 1. The average molecular weight is 437 g/mol. The van der Waals surface area contributed by atoms with E-state index in [9.17, 15) is 9.59 Å². The van der Waals surface area contributed by atoms with Crippen LogP contribution in [0.2, 0.25) is 5.02 Å². The average Bonchev–Trinajstić information content (AvgIpc) is 2.91. The van der Waals surface area contributed by atoms with Crippen LogP contribution in [0.3, 0.4) is 0 Å². The normalized spacial score (nSPS) is 10.8. The lowest BCUT2D eigenvalue weighted by molar-refractivity contribution is -0.117. The molecule has 0 spiro atoms. The lowest BCUT2D eigenvalue weighted by atomic mass is 10.3. The van der Waals surface area contributed by atoms with E-state index in [1.165, 1.54) is 6.07 Å². The lowest BCUT2D eigenvalue weighted by Crippen LogP contribution is -2.30. The van der Waals surface area contributed by atoms with Crippen molar-refractivity contribution in [2.45, 2.75) is 20.4 Å². The van der Waals surface area contributed by atoms with E-state index in [1.54, 1.807) is 28.9 Å². The van der Waals surface area contributed by atoms with Crippen molar-refractivity contribution in [1.82, 2.24) is 19.6 Å². The number of anilines is 1. The van der Waals surface area contributed by atoms with Gasteiger partial charge in [0, 0.05) is 16.2 Å². The number of carbonyl (C=O) groups excluding carboxylic acids is 1. The summed E-state index contributed by atoms with van der Waals surface area (Å²) in [5.41, 5.74) is 1.80. The zero-order chi connectivity index (χ0) is 18.8. The fourth-order valence-corrected chi connectivity index (χ4v) is 3.16. The van der Waals surface area contributed by atoms with Crippen LogP contribution in [0, 0.1) is 13.8 Å². The van der Waals surface area contributed by atoms with Crippen molar-refractivity contribution in [3.8, 4) is 5.82 Å². The van der Waals surface area contributed by atoms with Crippen molar-refractivity contribution in [2.24, 2.45) is 0 Å². The molecular formula is C17H15BrClN5O2. The highest BCUT2D eigenvalue weighted by molar-refractivity contribution is 9.10. The molecule has 0 unspecified atom stereocenters. The quantitative estimate of drug-likeness (QED) is 0.681. The molecule has 1 aromatic carbocycles. The molecule has 1 N–H and O–H groups in total. The van der Waals surface area contributed by atoms with Gasteiger partial charge in [0.2, 0.25) is 5.91 Å². The van der Waals surface area contributed by atoms with Crippen LogP contribution >= 0.6 is 27.5 Å². The molecular weight excluding hydrogens is 422 g/mol. The van der Waals surface area contributed by atoms with E-state index in [4.69, 9.17) is 11.6 Å². The van der Waals surface area contributed by atoms with Gasteiger partial charge in [-0.25, -0.2) is 9.36 Å². The van der Waals surface area contributed by atoms with E-state index >= 15 is 0 Å². The molecule has 0 radical (unpaired) electrons. The zero-order valence-corrected chi connectivity index (χ0v) is 16.4. The van der Waals surface area contributed by atoms with Crippen molar-refractivity contribution in [2.75, 3.05) is 5.32 Å². The summed E-state index contributed by atoms with van der Waals surface area (Å²) in [6, 6.07) is 9.94. The van der Waals surface area contributed by atoms with Crippen molar-refractivity contribution in [3.05, 3.63) is 67.6 Å². The van der Waals surface area contributed by atoms with Crippen molar-refractivity contribution in [1.29, 1.82) is 0 Å². The van der Waals surface area contributed by atoms with Crippen LogP contribution in [-0.2, 0) is 11.3 Å². The van der Waals surface area contributed by atoms with Gasteiger partial charge in [-0.1, -0.05) is 27.5 Å². The van der Waals surface area contributed by atoms with E-state index < -0.39 is 5.91 Å². The van der Waals surface area contributed by atoms with Gasteiger partial charge >= 0.3 is 0 Å². The van der Waals surface area contributed by atoms with Gasteiger partial charge in [0.05, 0.1) is 16.4 Å². The number of nitrogens with zero attached hydrogens (tertiary/aromatic N) is 4. The first-order valence-corrected chi connectivity index (χ1v) is 8.87. The van der Waals surface area contributed by atoms with Crippen LogP contribution in [0.25, 0.3) is 5.82 Å². The number of aromatic nitrogens is 4. The van der Waals surface area contributed by atoms with E-state index in [0.29, 0.717) is 16.5 Å². The van der Waals surface area contributed by atoms with E-state index in [2.05, 4.69) is 31.4 Å². The second kappa shape index (κ2) is 7.43. The standard InChI is InChI=1S/C17H15BrClN5O2/c1-10-7-11(2)24(21-10)15-5-6-17(26)23(22-15)9-16(25)20-14-4-3-12(18)8-13(14)19/h3-8H,9H2,1-2H3,(H,20,25). The fourth-order valence-electron chi connectivity index (χ4n) is 2.44. The van der Waals surface area contributed by atoms with Gasteiger partial charge in [-0.15, -0.1) is 5.10 Å². The number of hydrogen-bond donors (Lipinski definition) is 1. The molecule has 0 aliphatic heterocycles. The van der Waals surface area contributed by atoms with Gasteiger partial charge < -0.3 is 5.32 Å². The monoisotopic (exact) mass is 435 g/mol. The molecule has 0 saturated carbocycles. The molecule has 2 aromatic heterocycles. The third-order valence-corrected chi connectivity index (χ3v) is 4.38. The van der Waals surface area contributed by atoms with Gasteiger partial charge in [0.25, 0.3) is 5.56 Å². The highest BCUT2D eigenvalue weighted by atomic mass is 79.9. The Morgan fingerprint density at radius 1 is 1.19 bits per heavy atom. The minimum Gasteiger partial charge on any atom is -0.323 e. The highest BCUT2D eigenvalue weighted by Gasteiger charge is 2.11. The molecule has 0 aliphatic rings. The Hall–Kier alpha value is -2.45. The summed E-state index contributed by atoms with van der Waals surface area (Å²) >= 11 is 9.40. The third kappa shape index (κ3) is 4.03. The van der Waals surface area contributed by atoms with Crippen molar-refractivity contribution < 1.29 is 4.79 Å². The first kappa shape index (κ1) is 18.3. The number of nitrogens with one attached hydrogen (secondary N) is 1. The minimum absolute atomic E-state index is 0.238. The van der Waals surface area contributed by atoms with Gasteiger partial charge in [-0.05, 0) is 44.2 Å². The van der Waals surface area contributed by atoms with Gasteiger partial charge in [-0.2, -0.15) is 5.10 Å². The molecule has 0 bridgehead atoms. The molecule has 0 fully saturated rings. The molecule has 0 saturated heterocycles. The molecule has 7 nitrogen and oxygen atoms in total. The summed E-state index contributed by atoms with van der Waals surface area (Å²) in [6.45, 7) is 3.52. The first-order valence-electron chi connectivity index (χ1n) is 7.70. The first-order chi connectivity index (χ1) is 12.3. The number of benzene rings is 1. The highest BCUT2D eigenvalue weighted by Crippen LogP contribution is 2.25. The summed E-state index contributed by atoms with van der Waals surface area (Å²) < 4.78 is 3.51. The van der Waals surface area contributed by atoms with Crippen LogP contribution in [0.5, 0.6) is 0 Å². The molecule has 3 aromatic rings. The van der Waals surface area contributed by atoms with E-state index in [0.717, 1.165) is 20.5 Å². The lowest BCUT2D eigenvalue weighted by Gasteiger charge is -2.10. The predicted octanol–water partition coefficient (Wildman–Crippen LogP) is 3.10. The van der Waals surface area contributed by atoms with Gasteiger partial charge in [0.1, 0.15) is 6.54 Å². The topological polar surface area (TPSA) is 81.8 Å². The summed E-state index contributed by atoms with van der Waals surface area (Å²) in [4.78, 5) is 24.3. The third-order valence-electron chi connectivity index (χ3n) is 3.58. The van der Waals surface area contributed by atoms with E-state index in [-0.39, 0.29) is 12.1 Å². The largest absolute Gasteiger partial charge is 0.323 e. The second-order valence-corrected chi connectivity index (χ2v) is 7.02. The zero-order valence-electron chi connectivity index (χ0n) is 14.0. The molecule has 3 rings (SSSR count). The number of halogens is 2. The number of carbonyl (C=O) groups is 1. The van der Waals surface area contributed by atoms with Crippen LogP contribution in [-0.4, -0.2) is 25.5 Å². The summed E-state index contributed by atoms with van der Waals surface area (Å²) in [7, 11) is 0. The second-order valence-electron chi connectivity index (χ2n) is 5.70. The Morgan fingerprint density at radius 2 is 1.96 bits per heavy atom. The molecule has 0 atom stereocenters. The van der Waals surface area contributed by atoms with Crippen molar-refractivity contribution in [3.63, 3.8) is 0 Å². The smallest absolute Gasteiger partial charge is 0.267 e. The number of aryl methyl sites for hydroxylation is 2. The minimum atomic E-state index is -0.408. The number of rotatable bonds is 4. The SMILES string of the molecule is Cc1cc(C)n(-c2ccc(=O)n(CC(=O)Nc3ccc(Br)cc3Cl)n2)n1. The van der Waals surface area contributed by atoms with Crippen LogP contribution < -0.4 is 10.9 Å². The van der Waals surface area contributed by atoms with Crippen LogP contribution in [0.1, 0.15) is 11.4 Å². The summed E-state index contributed by atoms with van der Waals surface area (Å²) in [5, 5.41) is 11.6. The molecule has 2 heterocycles. The molecule has 134 valence electrons. The fraction of sp³-hybridized carbons (Fsp3) is 0.176. The predicted molar refractivity (Wildman–Crippen MR) is 103 cm³/mol.